The predicted octanol–water partition coefficient (Wildman–Crippen LogP) is 2.15. The molecule has 2 aromatic rings. The number of rotatable bonds is 5. The lowest BCUT2D eigenvalue weighted by Gasteiger charge is -2.10. The van der Waals surface area contributed by atoms with Crippen molar-refractivity contribution in [1.82, 2.24) is 9.97 Å². The number of nitrogens with zero attached hydrogens (tertiary/aromatic N) is 2. The van der Waals surface area contributed by atoms with E-state index in [0.29, 0.717) is 11.7 Å². The minimum absolute atomic E-state index is 0.200. The summed E-state index contributed by atoms with van der Waals surface area (Å²) in [5.41, 5.74) is 1.90. The van der Waals surface area contributed by atoms with Gasteiger partial charge in [-0.2, -0.15) is 0 Å². The first-order valence-corrected chi connectivity index (χ1v) is 6.08. The van der Waals surface area contributed by atoms with Crippen molar-refractivity contribution in [2.45, 2.75) is 13.3 Å². The number of benzene rings is 1. The van der Waals surface area contributed by atoms with Crippen molar-refractivity contribution in [3.8, 4) is 11.5 Å². The molecule has 19 heavy (non-hydrogen) atoms. The fourth-order valence-electron chi connectivity index (χ4n) is 1.83. The minimum atomic E-state index is 0.200. The minimum Gasteiger partial charge on any atom is -0.504 e. The highest BCUT2D eigenvalue weighted by atomic mass is 16.5. The number of aromatic hydroxyl groups is 1. The molecule has 0 fully saturated rings. The highest BCUT2D eigenvalue weighted by molar-refractivity contribution is 5.48. The van der Waals surface area contributed by atoms with Crippen LogP contribution in [0, 0.1) is 6.92 Å². The zero-order valence-electron chi connectivity index (χ0n) is 11.1. The first-order chi connectivity index (χ1) is 9.20. The normalized spacial score (nSPS) is 10.2. The van der Waals surface area contributed by atoms with Gasteiger partial charge in [0.2, 0.25) is 5.95 Å². The van der Waals surface area contributed by atoms with E-state index in [1.807, 2.05) is 19.1 Å². The largest absolute Gasteiger partial charge is 0.504 e. The molecule has 2 N–H and O–H groups in total. The first-order valence-electron chi connectivity index (χ1n) is 6.08. The Hall–Kier alpha value is -2.30. The Morgan fingerprint density at radius 1 is 1.26 bits per heavy atom. The van der Waals surface area contributed by atoms with Crippen LogP contribution < -0.4 is 10.1 Å². The fraction of sp³-hybridized carbons (Fsp3) is 0.286. The highest BCUT2D eigenvalue weighted by Gasteiger charge is 2.07. The molecule has 1 aromatic carbocycles. The second-order valence-electron chi connectivity index (χ2n) is 4.21. The summed E-state index contributed by atoms with van der Waals surface area (Å²) in [6.07, 6.45) is 4.20. The lowest BCUT2D eigenvalue weighted by molar-refractivity contribution is 0.371. The number of phenols is 1. The van der Waals surface area contributed by atoms with Gasteiger partial charge in [-0.15, -0.1) is 0 Å². The topological polar surface area (TPSA) is 67.3 Å². The molecule has 1 aromatic heterocycles. The van der Waals surface area contributed by atoms with Gasteiger partial charge < -0.3 is 15.2 Å². The van der Waals surface area contributed by atoms with Crippen LogP contribution in [-0.2, 0) is 6.42 Å². The molecule has 2 rings (SSSR count). The summed E-state index contributed by atoms with van der Waals surface area (Å²) in [6, 6.07) is 5.57. The summed E-state index contributed by atoms with van der Waals surface area (Å²) in [5, 5.41) is 12.9. The summed E-state index contributed by atoms with van der Waals surface area (Å²) in [7, 11) is 1.55. The quantitative estimate of drug-likeness (QED) is 0.861. The molecule has 0 aliphatic carbocycles. The smallest absolute Gasteiger partial charge is 0.222 e. The standard InChI is InChI=1S/C14H17N3O2/c1-10-8-11(9-12(19-2)13(10)18)4-7-17-14-15-5-3-6-16-14/h3,5-6,8-9,18H,4,7H2,1-2H3,(H,15,16,17). The third-order valence-electron chi connectivity index (χ3n) is 2.81. The van der Waals surface area contributed by atoms with E-state index in [4.69, 9.17) is 4.74 Å². The summed E-state index contributed by atoms with van der Waals surface area (Å²) >= 11 is 0. The molecule has 0 radical (unpaired) electrons. The van der Waals surface area contributed by atoms with Crippen LogP contribution in [0.3, 0.4) is 0 Å². The first kappa shape index (κ1) is 13.1. The maximum atomic E-state index is 9.76. The van der Waals surface area contributed by atoms with E-state index in [1.165, 1.54) is 0 Å². The lowest BCUT2D eigenvalue weighted by atomic mass is 10.1. The molecule has 0 spiro atoms. The maximum absolute atomic E-state index is 9.76. The molecule has 0 saturated heterocycles. The van der Waals surface area contributed by atoms with Crippen LogP contribution in [0.1, 0.15) is 11.1 Å². The van der Waals surface area contributed by atoms with Crippen LogP contribution in [0.25, 0.3) is 0 Å². The van der Waals surface area contributed by atoms with Crippen molar-refractivity contribution in [2.75, 3.05) is 19.0 Å². The van der Waals surface area contributed by atoms with Crippen LogP contribution in [0.15, 0.2) is 30.6 Å². The second-order valence-corrected chi connectivity index (χ2v) is 4.21. The SMILES string of the molecule is COc1cc(CCNc2ncccn2)cc(C)c1O. The number of hydrogen-bond donors (Lipinski definition) is 2. The Morgan fingerprint density at radius 2 is 2.00 bits per heavy atom. The Balaban J connectivity index is 1.98. The van der Waals surface area contributed by atoms with Gasteiger partial charge in [0.1, 0.15) is 0 Å². The van der Waals surface area contributed by atoms with Gasteiger partial charge >= 0.3 is 0 Å². The zero-order chi connectivity index (χ0) is 13.7. The number of phenolic OH excluding ortho intramolecular Hbond substituents is 1. The molecule has 1 heterocycles. The number of methoxy groups -OCH3 is 1. The molecule has 0 atom stereocenters. The van der Waals surface area contributed by atoms with Crippen molar-refractivity contribution in [2.24, 2.45) is 0 Å². The van der Waals surface area contributed by atoms with Gasteiger partial charge in [0.15, 0.2) is 11.5 Å². The van der Waals surface area contributed by atoms with Gasteiger partial charge in [0.05, 0.1) is 7.11 Å². The van der Waals surface area contributed by atoms with Crippen molar-refractivity contribution < 1.29 is 9.84 Å². The van der Waals surface area contributed by atoms with Gasteiger partial charge in [-0.1, -0.05) is 6.07 Å². The van der Waals surface area contributed by atoms with E-state index in [1.54, 1.807) is 25.6 Å². The number of nitrogens with one attached hydrogen (secondary N) is 1. The molecule has 100 valence electrons. The molecular formula is C14H17N3O2. The molecule has 5 nitrogen and oxygen atoms in total. The fourth-order valence-corrected chi connectivity index (χ4v) is 1.83. The Bertz CT molecular complexity index is 544. The maximum Gasteiger partial charge on any atom is 0.222 e. The zero-order valence-corrected chi connectivity index (χ0v) is 11.1. The van der Waals surface area contributed by atoms with Crippen molar-refractivity contribution >= 4 is 5.95 Å². The highest BCUT2D eigenvalue weighted by Crippen LogP contribution is 2.30. The van der Waals surface area contributed by atoms with Gasteiger partial charge in [-0.05, 0) is 36.6 Å². The second kappa shape index (κ2) is 6.04. The van der Waals surface area contributed by atoms with Crippen LogP contribution in [0.2, 0.25) is 0 Å². The molecule has 0 amide bonds. The van der Waals surface area contributed by atoms with Crippen LogP contribution in [0.4, 0.5) is 5.95 Å². The molecule has 0 aliphatic rings. The number of anilines is 1. The van der Waals surface area contributed by atoms with E-state index in [0.717, 1.165) is 24.1 Å². The van der Waals surface area contributed by atoms with E-state index in [-0.39, 0.29) is 5.75 Å². The molecule has 0 unspecified atom stereocenters. The average Bonchev–Trinajstić information content (AvgIpc) is 2.43. The van der Waals surface area contributed by atoms with Gasteiger partial charge in [-0.25, -0.2) is 9.97 Å². The molecular weight excluding hydrogens is 242 g/mol. The van der Waals surface area contributed by atoms with Gasteiger partial charge in [0, 0.05) is 18.9 Å². The molecule has 5 heteroatoms. The van der Waals surface area contributed by atoms with Gasteiger partial charge in [0.25, 0.3) is 0 Å². The van der Waals surface area contributed by atoms with Crippen LogP contribution in [-0.4, -0.2) is 28.7 Å². The van der Waals surface area contributed by atoms with Gasteiger partial charge in [-0.3, -0.25) is 0 Å². The molecule has 0 bridgehead atoms. The predicted molar refractivity (Wildman–Crippen MR) is 73.6 cm³/mol. The summed E-state index contributed by atoms with van der Waals surface area (Å²) in [5.74, 6) is 1.32. The third-order valence-corrected chi connectivity index (χ3v) is 2.81. The number of ether oxygens (including phenoxy) is 1. The van der Waals surface area contributed by atoms with E-state index < -0.39 is 0 Å². The number of aryl methyl sites for hydroxylation is 1. The van der Waals surface area contributed by atoms with E-state index >= 15 is 0 Å². The Labute approximate surface area is 112 Å². The summed E-state index contributed by atoms with van der Waals surface area (Å²) in [4.78, 5) is 8.18. The molecule has 0 aliphatic heterocycles. The van der Waals surface area contributed by atoms with Crippen molar-refractivity contribution in [3.05, 3.63) is 41.7 Å². The summed E-state index contributed by atoms with van der Waals surface area (Å²) in [6.45, 7) is 2.58. The average molecular weight is 259 g/mol. The summed E-state index contributed by atoms with van der Waals surface area (Å²) < 4.78 is 5.14. The monoisotopic (exact) mass is 259 g/mol. The van der Waals surface area contributed by atoms with Crippen LogP contribution in [0.5, 0.6) is 11.5 Å². The third kappa shape index (κ3) is 3.34. The Kier molecular flexibility index (Phi) is 4.18. The van der Waals surface area contributed by atoms with Crippen molar-refractivity contribution in [1.29, 1.82) is 0 Å². The number of hydrogen-bond acceptors (Lipinski definition) is 5. The van der Waals surface area contributed by atoms with E-state index in [2.05, 4.69) is 15.3 Å². The van der Waals surface area contributed by atoms with E-state index in [9.17, 15) is 5.11 Å². The van der Waals surface area contributed by atoms with Crippen molar-refractivity contribution in [3.63, 3.8) is 0 Å². The molecule has 0 saturated carbocycles. The van der Waals surface area contributed by atoms with Crippen LogP contribution >= 0.6 is 0 Å². The Morgan fingerprint density at radius 3 is 2.68 bits per heavy atom. The lowest BCUT2D eigenvalue weighted by Crippen LogP contribution is -2.07. The number of aromatic nitrogens is 2.